The summed E-state index contributed by atoms with van der Waals surface area (Å²) in [7, 11) is 0. The van der Waals surface area contributed by atoms with E-state index in [1.54, 1.807) is 0 Å². The average molecular weight is 189 g/mol. The minimum atomic E-state index is -0.105. The molecular weight excluding hydrogens is 180 g/mol. The van der Waals surface area contributed by atoms with Gasteiger partial charge < -0.3 is 10.9 Å². The second-order valence-electron chi connectivity index (χ2n) is 2.21. The van der Waals surface area contributed by atoms with Crippen molar-refractivity contribution in [2.45, 2.75) is 12.4 Å². The molecule has 0 bridgehead atoms. The van der Waals surface area contributed by atoms with Gasteiger partial charge in [-0.25, -0.2) is 4.98 Å². The van der Waals surface area contributed by atoms with E-state index in [1.165, 1.54) is 6.20 Å². The molecule has 12 heavy (non-hydrogen) atoms. The summed E-state index contributed by atoms with van der Waals surface area (Å²) < 4.78 is 0.660. The molecule has 4 N–H and O–H groups in total. The lowest BCUT2D eigenvalue weighted by atomic mass is 10.4. The fourth-order valence-electron chi connectivity index (χ4n) is 0.800. The van der Waals surface area contributed by atoms with Gasteiger partial charge in [-0.05, 0) is 0 Å². The van der Waals surface area contributed by atoms with E-state index < -0.39 is 0 Å². The van der Waals surface area contributed by atoms with Crippen molar-refractivity contribution in [2.75, 3.05) is 0 Å². The molecule has 0 fully saturated rings. The second-order valence-corrected chi connectivity index (χ2v) is 2.48. The monoisotopic (exact) mass is 188 g/mol. The smallest absolute Gasteiger partial charge is 0.183 e. The molecule has 0 amide bonds. The topological polar surface area (TPSA) is 87.9 Å². The highest BCUT2D eigenvalue weighted by atomic mass is 35.5. The van der Waals surface area contributed by atoms with Crippen LogP contribution in [0.15, 0.2) is 6.20 Å². The van der Waals surface area contributed by atoms with Crippen molar-refractivity contribution >= 4 is 11.6 Å². The molecule has 0 saturated carbocycles. The van der Waals surface area contributed by atoms with Crippen molar-refractivity contribution < 1.29 is 5.21 Å². The van der Waals surface area contributed by atoms with Gasteiger partial charge in [-0.15, -0.1) is 11.6 Å². The molecule has 0 saturated heterocycles. The highest BCUT2D eigenvalue weighted by molar-refractivity contribution is 6.16. The zero-order chi connectivity index (χ0) is 9.14. The summed E-state index contributed by atoms with van der Waals surface area (Å²) in [6.45, 7) is 0.115. The van der Waals surface area contributed by atoms with Crippen molar-refractivity contribution in [2.24, 2.45) is 5.73 Å². The molecule has 0 radical (unpaired) electrons. The van der Waals surface area contributed by atoms with E-state index in [-0.39, 0.29) is 17.9 Å². The Kier molecular flexibility index (Phi) is 2.67. The summed E-state index contributed by atoms with van der Waals surface area (Å²) in [6, 6.07) is 0. The van der Waals surface area contributed by atoms with Gasteiger partial charge in [0.05, 0.1) is 23.5 Å². The number of alkyl halides is 1. The summed E-state index contributed by atoms with van der Waals surface area (Å²) in [5.74, 6) is 0.188. The lowest BCUT2D eigenvalue weighted by molar-refractivity contribution is 0.167. The van der Waals surface area contributed by atoms with Gasteiger partial charge >= 0.3 is 0 Å². The fraction of sp³-hybridized carbons (Fsp3) is 0.333. The van der Waals surface area contributed by atoms with Crippen molar-refractivity contribution in [3.63, 3.8) is 0 Å². The van der Waals surface area contributed by atoms with Crippen molar-refractivity contribution in [1.29, 1.82) is 5.41 Å². The summed E-state index contributed by atoms with van der Waals surface area (Å²) in [6.07, 6.45) is 1.29. The fourth-order valence-corrected chi connectivity index (χ4v) is 0.929. The number of nitrogens with two attached hydrogens (primary N) is 1. The van der Waals surface area contributed by atoms with Crippen LogP contribution in [-0.4, -0.2) is 14.9 Å². The largest absolute Gasteiger partial charge is 0.427 e. The number of aromatic nitrogens is 2. The van der Waals surface area contributed by atoms with Gasteiger partial charge in [0.25, 0.3) is 0 Å². The Hall–Kier alpha value is -1.07. The lowest BCUT2D eigenvalue weighted by Crippen LogP contribution is -2.26. The van der Waals surface area contributed by atoms with Crippen LogP contribution in [-0.2, 0) is 12.4 Å². The van der Waals surface area contributed by atoms with Gasteiger partial charge in [-0.2, -0.15) is 4.73 Å². The van der Waals surface area contributed by atoms with Crippen LogP contribution in [0.5, 0.6) is 0 Å². The van der Waals surface area contributed by atoms with E-state index in [1.807, 2.05) is 0 Å². The van der Waals surface area contributed by atoms with E-state index in [0.717, 1.165) is 0 Å². The van der Waals surface area contributed by atoms with Crippen molar-refractivity contribution in [1.82, 2.24) is 9.71 Å². The van der Waals surface area contributed by atoms with E-state index in [4.69, 9.17) is 28.0 Å². The van der Waals surface area contributed by atoms with E-state index in [2.05, 4.69) is 4.98 Å². The molecule has 0 aliphatic carbocycles. The minimum absolute atomic E-state index is 0.105. The van der Waals surface area contributed by atoms with E-state index >= 15 is 0 Å². The van der Waals surface area contributed by atoms with Gasteiger partial charge in [0.1, 0.15) is 0 Å². The number of nitrogens with one attached hydrogen (secondary N) is 1. The zero-order valence-corrected chi connectivity index (χ0v) is 7.04. The highest BCUT2D eigenvalue weighted by Gasteiger charge is 2.02. The van der Waals surface area contributed by atoms with Crippen molar-refractivity contribution in [3.8, 4) is 0 Å². The molecule has 5 nitrogen and oxygen atoms in total. The Morgan fingerprint density at radius 2 is 2.42 bits per heavy atom. The molecule has 0 aliphatic rings. The molecule has 0 unspecified atom stereocenters. The van der Waals surface area contributed by atoms with Crippen LogP contribution in [0.1, 0.15) is 11.4 Å². The molecule has 0 atom stereocenters. The normalized spacial score (nSPS) is 10.2. The number of hydrogen-bond donors (Lipinski definition) is 3. The Bertz CT molecular complexity index is 335. The Morgan fingerprint density at radius 3 is 2.92 bits per heavy atom. The predicted octanol–water partition coefficient (Wildman–Crippen LogP) is -0.203. The Balaban J connectivity index is 3.29. The Morgan fingerprint density at radius 1 is 1.75 bits per heavy atom. The molecule has 1 heterocycles. The maximum Gasteiger partial charge on any atom is 0.183 e. The third-order valence-electron chi connectivity index (χ3n) is 1.38. The standard InChI is InChI=1S/C6H9ClN4O/c7-1-4-3-11(12)6(9)5(2-8)10-4/h3,9,12H,1-2,8H2. The third-order valence-corrected chi connectivity index (χ3v) is 1.66. The quantitative estimate of drug-likeness (QED) is 0.444. The SMILES string of the molecule is N=c1c(CN)nc(CCl)cn1O. The first-order valence-electron chi connectivity index (χ1n) is 3.30. The predicted molar refractivity (Wildman–Crippen MR) is 42.7 cm³/mol. The van der Waals surface area contributed by atoms with E-state index in [9.17, 15) is 0 Å². The van der Waals surface area contributed by atoms with Crippen molar-refractivity contribution in [3.05, 3.63) is 23.1 Å². The van der Waals surface area contributed by atoms with Gasteiger partial charge in [-0.1, -0.05) is 0 Å². The Labute approximate surface area is 73.9 Å². The first kappa shape index (κ1) is 9.02. The van der Waals surface area contributed by atoms with Gasteiger partial charge in [0.15, 0.2) is 5.49 Å². The molecule has 1 aromatic rings. The van der Waals surface area contributed by atoms with Crippen LogP contribution in [0, 0.1) is 5.41 Å². The molecule has 1 rings (SSSR count). The number of hydrogen-bond acceptors (Lipinski definition) is 4. The van der Waals surface area contributed by atoms with Crippen LogP contribution < -0.4 is 11.2 Å². The van der Waals surface area contributed by atoms with Gasteiger partial charge in [0, 0.05) is 6.54 Å². The molecule has 0 aliphatic heterocycles. The molecule has 0 aromatic carbocycles. The number of rotatable bonds is 2. The summed E-state index contributed by atoms with van der Waals surface area (Å²) in [5.41, 5.74) is 6.01. The molecular formula is C6H9ClN4O. The lowest BCUT2D eigenvalue weighted by Gasteiger charge is -2.03. The van der Waals surface area contributed by atoms with Gasteiger partial charge in [0.2, 0.25) is 0 Å². The zero-order valence-electron chi connectivity index (χ0n) is 6.29. The maximum absolute atomic E-state index is 9.12. The maximum atomic E-state index is 9.12. The molecule has 6 heteroatoms. The summed E-state index contributed by atoms with van der Waals surface area (Å²) >= 11 is 5.49. The average Bonchev–Trinajstić information content (AvgIpc) is 2.09. The second kappa shape index (κ2) is 3.55. The first-order chi connectivity index (χ1) is 5.69. The van der Waals surface area contributed by atoms with Crippen LogP contribution in [0.2, 0.25) is 0 Å². The first-order valence-corrected chi connectivity index (χ1v) is 3.83. The molecule has 66 valence electrons. The van der Waals surface area contributed by atoms with Crippen LogP contribution in [0.3, 0.4) is 0 Å². The molecule has 1 aromatic heterocycles. The van der Waals surface area contributed by atoms with Crippen LogP contribution in [0.25, 0.3) is 0 Å². The third kappa shape index (κ3) is 1.57. The van der Waals surface area contributed by atoms with Crippen LogP contribution >= 0.6 is 11.6 Å². The number of nitrogens with zero attached hydrogens (tertiary/aromatic N) is 2. The van der Waals surface area contributed by atoms with Crippen LogP contribution in [0.4, 0.5) is 0 Å². The molecule has 0 spiro atoms. The highest BCUT2D eigenvalue weighted by Crippen LogP contribution is 1.97. The number of halogens is 1. The minimum Gasteiger partial charge on any atom is -0.427 e. The summed E-state index contributed by atoms with van der Waals surface area (Å²) in [4.78, 5) is 3.94. The van der Waals surface area contributed by atoms with E-state index in [0.29, 0.717) is 16.1 Å². The summed E-state index contributed by atoms with van der Waals surface area (Å²) in [5, 5.41) is 16.4. The van der Waals surface area contributed by atoms with Gasteiger partial charge in [-0.3, -0.25) is 5.41 Å².